The third-order valence-electron chi connectivity index (χ3n) is 4.68. The van der Waals surface area contributed by atoms with Gasteiger partial charge in [-0.2, -0.15) is 0 Å². The van der Waals surface area contributed by atoms with E-state index in [4.69, 9.17) is 0 Å². The Hall–Kier alpha value is -1.61. The average Bonchev–Trinajstić information content (AvgIpc) is 3.12. The number of anilines is 1. The molecule has 5 nitrogen and oxygen atoms in total. The molecular weight excluding hydrogens is 483 g/mol. The Morgan fingerprint density at radius 1 is 1.21 bits per heavy atom. The van der Waals surface area contributed by atoms with Crippen molar-refractivity contribution in [1.82, 2.24) is 10.6 Å². The van der Waals surface area contributed by atoms with Gasteiger partial charge in [-0.25, -0.2) is 4.99 Å². The summed E-state index contributed by atoms with van der Waals surface area (Å²) >= 11 is 1.78. The van der Waals surface area contributed by atoms with Gasteiger partial charge in [0.1, 0.15) is 0 Å². The highest BCUT2D eigenvalue weighted by molar-refractivity contribution is 14.0. The Morgan fingerprint density at radius 2 is 2.07 bits per heavy atom. The highest BCUT2D eigenvalue weighted by atomic mass is 127. The second kappa shape index (κ2) is 12.1. The van der Waals surface area contributed by atoms with E-state index in [1.54, 1.807) is 11.3 Å². The van der Waals surface area contributed by atoms with Crippen molar-refractivity contribution >= 4 is 52.9 Å². The monoisotopic (exact) mass is 512 g/mol. The van der Waals surface area contributed by atoms with Crippen LogP contribution in [0.25, 0.3) is 0 Å². The summed E-state index contributed by atoms with van der Waals surface area (Å²) in [6.45, 7) is 4.31. The summed E-state index contributed by atoms with van der Waals surface area (Å²) in [6, 6.07) is 12.2. The van der Waals surface area contributed by atoms with E-state index < -0.39 is 0 Å². The van der Waals surface area contributed by atoms with Crippen molar-refractivity contribution in [2.75, 3.05) is 18.4 Å². The van der Waals surface area contributed by atoms with Crippen LogP contribution in [0.1, 0.15) is 36.6 Å². The van der Waals surface area contributed by atoms with Crippen molar-refractivity contribution in [1.29, 1.82) is 0 Å². The molecule has 0 unspecified atom stereocenters. The maximum absolute atomic E-state index is 12.1. The number of hydrogen-bond donors (Lipinski definition) is 3. The molecule has 1 saturated carbocycles. The summed E-state index contributed by atoms with van der Waals surface area (Å²) in [5, 5.41) is 11.8. The third-order valence-corrected chi connectivity index (χ3v) is 5.61. The summed E-state index contributed by atoms with van der Waals surface area (Å²) < 4.78 is 0. The molecule has 152 valence electrons. The summed E-state index contributed by atoms with van der Waals surface area (Å²) in [7, 11) is 0. The van der Waals surface area contributed by atoms with E-state index in [2.05, 4.69) is 45.4 Å². The van der Waals surface area contributed by atoms with Gasteiger partial charge in [0, 0.05) is 29.6 Å². The van der Waals surface area contributed by atoms with E-state index in [1.807, 2.05) is 24.3 Å². The number of guanidine groups is 1. The Labute approximate surface area is 188 Å². The Morgan fingerprint density at radius 3 is 2.75 bits per heavy atom. The highest BCUT2D eigenvalue weighted by Crippen LogP contribution is 2.27. The topological polar surface area (TPSA) is 65.5 Å². The smallest absolute Gasteiger partial charge is 0.227 e. The third kappa shape index (κ3) is 7.09. The molecule has 1 aliphatic carbocycles. The lowest BCUT2D eigenvalue weighted by molar-refractivity contribution is -0.122. The van der Waals surface area contributed by atoms with Crippen molar-refractivity contribution in [3.63, 3.8) is 0 Å². The molecule has 3 rings (SSSR count). The minimum Gasteiger partial charge on any atom is -0.357 e. The molecule has 0 spiro atoms. The second-order valence-electron chi connectivity index (χ2n) is 6.77. The van der Waals surface area contributed by atoms with Crippen molar-refractivity contribution in [2.24, 2.45) is 10.9 Å². The van der Waals surface area contributed by atoms with Gasteiger partial charge < -0.3 is 16.0 Å². The molecule has 1 fully saturated rings. The Bertz CT molecular complexity index is 760. The van der Waals surface area contributed by atoms with Crippen LogP contribution in [0, 0.1) is 5.92 Å². The van der Waals surface area contributed by atoms with Crippen molar-refractivity contribution in [3.8, 4) is 0 Å². The molecular formula is C21H29IN4OS. The van der Waals surface area contributed by atoms with E-state index in [9.17, 15) is 4.79 Å². The molecule has 28 heavy (non-hydrogen) atoms. The molecule has 3 N–H and O–H groups in total. The van der Waals surface area contributed by atoms with Crippen LogP contribution in [0.5, 0.6) is 0 Å². The largest absolute Gasteiger partial charge is 0.357 e. The normalized spacial score (nSPS) is 14.0. The lowest BCUT2D eigenvalue weighted by Gasteiger charge is -2.24. The van der Waals surface area contributed by atoms with Gasteiger partial charge in [0.2, 0.25) is 5.91 Å². The predicted molar refractivity (Wildman–Crippen MR) is 129 cm³/mol. The van der Waals surface area contributed by atoms with Crippen LogP contribution in [0.15, 0.2) is 46.8 Å². The van der Waals surface area contributed by atoms with E-state index in [-0.39, 0.29) is 35.8 Å². The van der Waals surface area contributed by atoms with Crippen molar-refractivity contribution in [3.05, 3.63) is 52.2 Å². The summed E-state index contributed by atoms with van der Waals surface area (Å²) in [6.07, 6.45) is 4.18. The fourth-order valence-electron chi connectivity index (χ4n) is 2.93. The number of benzene rings is 1. The second-order valence-corrected chi connectivity index (χ2v) is 7.80. The number of nitrogens with one attached hydrogen (secondary N) is 3. The zero-order chi connectivity index (χ0) is 18.9. The van der Waals surface area contributed by atoms with Gasteiger partial charge in [-0.1, -0.05) is 24.6 Å². The van der Waals surface area contributed by atoms with Crippen molar-refractivity contribution < 1.29 is 4.79 Å². The number of carbonyl (C=O) groups excluding carboxylic acids is 1. The molecule has 1 aromatic carbocycles. The number of carbonyl (C=O) groups is 1. The zero-order valence-electron chi connectivity index (χ0n) is 16.2. The minimum atomic E-state index is 0. The van der Waals surface area contributed by atoms with Gasteiger partial charge in [-0.3, -0.25) is 4.79 Å². The SMILES string of the molecule is CCNC(=NCc1cccc(NC(=O)C2CCC2)c1)NCCc1cccs1.I. The molecule has 0 bridgehead atoms. The zero-order valence-corrected chi connectivity index (χ0v) is 19.4. The molecule has 1 aliphatic rings. The number of aliphatic imine (C=N–C) groups is 1. The first-order valence-corrected chi connectivity index (χ1v) is 10.6. The summed E-state index contributed by atoms with van der Waals surface area (Å²) in [5.74, 6) is 1.16. The van der Waals surface area contributed by atoms with Gasteiger partial charge in [0.15, 0.2) is 5.96 Å². The van der Waals surface area contributed by atoms with Crippen LogP contribution >= 0.6 is 35.3 Å². The van der Waals surface area contributed by atoms with E-state index in [0.29, 0.717) is 6.54 Å². The summed E-state index contributed by atoms with van der Waals surface area (Å²) in [5.41, 5.74) is 1.94. The quantitative estimate of drug-likeness (QED) is 0.279. The molecule has 1 amide bonds. The minimum absolute atomic E-state index is 0. The van der Waals surface area contributed by atoms with Crippen LogP contribution in [-0.2, 0) is 17.8 Å². The highest BCUT2D eigenvalue weighted by Gasteiger charge is 2.25. The molecule has 1 heterocycles. The van der Waals surface area contributed by atoms with Crippen molar-refractivity contribution in [2.45, 2.75) is 39.2 Å². The van der Waals surface area contributed by atoms with Gasteiger partial charge in [0.25, 0.3) is 0 Å². The predicted octanol–water partition coefficient (Wildman–Crippen LogP) is 4.40. The standard InChI is InChI=1S/C21H28N4OS.HI/c1-2-22-21(23-12-11-19-10-5-13-27-19)24-15-16-6-3-9-18(14-16)25-20(26)17-7-4-8-17;/h3,5-6,9-10,13-14,17H,2,4,7-8,11-12,15H2,1H3,(H,25,26)(H2,22,23,24);1H. The maximum Gasteiger partial charge on any atom is 0.227 e. The number of hydrogen-bond acceptors (Lipinski definition) is 3. The first-order chi connectivity index (χ1) is 13.2. The van der Waals surface area contributed by atoms with E-state index in [1.165, 1.54) is 11.3 Å². The van der Waals surface area contributed by atoms with Crippen LogP contribution in [0.4, 0.5) is 5.69 Å². The molecule has 0 radical (unpaired) electrons. The van der Waals surface area contributed by atoms with Gasteiger partial charge in [-0.05, 0) is 55.3 Å². The van der Waals surface area contributed by atoms with Crippen LogP contribution < -0.4 is 16.0 Å². The average molecular weight is 512 g/mol. The number of halogens is 1. The van der Waals surface area contributed by atoms with Gasteiger partial charge >= 0.3 is 0 Å². The Balaban J connectivity index is 0.00000280. The van der Waals surface area contributed by atoms with E-state index in [0.717, 1.165) is 49.6 Å². The van der Waals surface area contributed by atoms with Crippen LogP contribution in [0.3, 0.4) is 0 Å². The molecule has 1 aromatic heterocycles. The number of amides is 1. The first-order valence-electron chi connectivity index (χ1n) is 9.69. The van der Waals surface area contributed by atoms with Crippen LogP contribution in [0.2, 0.25) is 0 Å². The molecule has 0 saturated heterocycles. The number of rotatable bonds is 8. The number of nitrogens with zero attached hydrogens (tertiary/aromatic N) is 1. The molecule has 0 aliphatic heterocycles. The van der Waals surface area contributed by atoms with E-state index >= 15 is 0 Å². The Kier molecular flexibility index (Phi) is 9.77. The van der Waals surface area contributed by atoms with Gasteiger partial charge in [-0.15, -0.1) is 35.3 Å². The summed E-state index contributed by atoms with van der Waals surface area (Å²) in [4.78, 5) is 18.2. The number of thiophene rings is 1. The molecule has 2 aromatic rings. The molecule has 7 heteroatoms. The lowest BCUT2D eigenvalue weighted by Crippen LogP contribution is -2.38. The fraction of sp³-hybridized carbons (Fsp3) is 0.429. The lowest BCUT2D eigenvalue weighted by atomic mass is 9.85. The molecule has 0 atom stereocenters. The van der Waals surface area contributed by atoms with Crippen LogP contribution in [-0.4, -0.2) is 25.0 Å². The first kappa shape index (κ1) is 22.7. The van der Waals surface area contributed by atoms with Gasteiger partial charge in [0.05, 0.1) is 6.54 Å². The maximum atomic E-state index is 12.1. The fourth-order valence-corrected chi connectivity index (χ4v) is 3.64.